The third-order valence-corrected chi connectivity index (χ3v) is 2.62. The van der Waals surface area contributed by atoms with Crippen molar-refractivity contribution in [3.05, 3.63) is 30.0 Å². The summed E-state index contributed by atoms with van der Waals surface area (Å²) < 4.78 is 16.0. The number of ether oxygens (including phenoxy) is 3. The van der Waals surface area contributed by atoms with Crippen molar-refractivity contribution in [1.29, 1.82) is 0 Å². The molecule has 2 heterocycles. The van der Waals surface area contributed by atoms with Gasteiger partial charge in [-0.1, -0.05) is 18.2 Å². The minimum atomic E-state index is 0.283. The van der Waals surface area contributed by atoms with Crippen molar-refractivity contribution in [2.24, 2.45) is 0 Å². The van der Waals surface area contributed by atoms with Crippen molar-refractivity contribution >= 4 is 10.8 Å². The first-order valence-corrected chi connectivity index (χ1v) is 5.06. The van der Waals surface area contributed by atoms with E-state index in [-0.39, 0.29) is 6.79 Å². The second-order valence-electron chi connectivity index (χ2n) is 3.55. The van der Waals surface area contributed by atoms with Gasteiger partial charge in [-0.25, -0.2) is 4.98 Å². The third kappa shape index (κ3) is 1.31. The molecule has 0 saturated carbocycles. The number of aromatic nitrogens is 1. The largest absolute Gasteiger partial charge is 0.481 e. The lowest BCUT2D eigenvalue weighted by molar-refractivity contribution is -0.0178. The third-order valence-electron chi connectivity index (χ3n) is 2.62. The standard InChI is InChI=1S/C12H11NO3/c1-14-12-9-5-3-2-4-8(9)11-10(13-12)6-15-7-16-11/h2-5H,6-7H2,1H3. The van der Waals surface area contributed by atoms with Gasteiger partial charge in [0, 0.05) is 10.8 Å². The average molecular weight is 217 g/mol. The molecule has 2 aromatic rings. The van der Waals surface area contributed by atoms with Crippen LogP contribution < -0.4 is 9.47 Å². The zero-order chi connectivity index (χ0) is 11.0. The molecule has 4 nitrogen and oxygen atoms in total. The number of rotatable bonds is 1. The lowest BCUT2D eigenvalue weighted by Crippen LogP contribution is -2.13. The number of benzene rings is 1. The lowest BCUT2D eigenvalue weighted by atomic mass is 10.1. The summed E-state index contributed by atoms with van der Waals surface area (Å²) in [5.74, 6) is 1.42. The fraction of sp³-hybridized carbons (Fsp3) is 0.250. The van der Waals surface area contributed by atoms with Crippen LogP contribution in [-0.2, 0) is 11.3 Å². The Morgan fingerprint density at radius 3 is 2.88 bits per heavy atom. The van der Waals surface area contributed by atoms with E-state index in [1.54, 1.807) is 7.11 Å². The number of fused-ring (bicyclic) bond motifs is 3. The predicted octanol–water partition coefficient (Wildman–Crippen LogP) is 2.11. The molecule has 1 aliphatic rings. The van der Waals surface area contributed by atoms with Crippen LogP contribution >= 0.6 is 0 Å². The summed E-state index contributed by atoms with van der Waals surface area (Å²) in [6, 6.07) is 7.91. The Bertz CT molecular complexity index is 539. The van der Waals surface area contributed by atoms with E-state index in [9.17, 15) is 0 Å². The van der Waals surface area contributed by atoms with Gasteiger partial charge in [0.15, 0.2) is 12.5 Å². The van der Waals surface area contributed by atoms with Crippen LogP contribution in [0.25, 0.3) is 10.8 Å². The Morgan fingerprint density at radius 1 is 1.25 bits per heavy atom. The highest BCUT2D eigenvalue weighted by atomic mass is 16.7. The molecule has 0 N–H and O–H groups in total. The summed E-state index contributed by atoms with van der Waals surface area (Å²) in [6.45, 7) is 0.752. The first kappa shape index (κ1) is 9.42. The SMILES string of the molecule is COc1nc2c(c3ccccc13)OCOC2. The highest BCUT2D eigenvalue weighted by molar-refractivity contribution is 5.92. The van der Waals surface area contributed by atoms with Gasteiger partial charge in [0.1, 0.15) is 5.69 Å². The van der Waals surface area contributed by atoms with Crippen LogP contribution in [0.3, 0.4) is 0 Å². The molecule has 0 atom stereocenters. The molecule has 0 saturated heterocycles. The maximum atomic E-state index is 5.50. The van der Waals surface area contributed by atoms with Crippen molar-refractivity contribution in [3.63, 3.8) is 0 Å². The topological polar surface area (TPSA) is 40.6 Å². The molecule has 4 heteroatoms. The van der Waals surface area contributed by atoms with E-state index in [1.165, 1.54) is 0 Å². The number of pyridine rings is 1. The molecule has 0 radical (unpaired) electrons. The summed E-state index contributed by atoms with van der Waals surface area (Å²) >= 11 is 0. The summed E-state index contributed by atoms with van der Waals surface area (Å²) in [5, 5.41) is 1.98. The Morgan fingerprint density at radius 2 is 2.06 bits per heavy atom. The van der Waals surface area contributed by atoms with Gasteiger partial charge in [0.25, 0.3) is 0 Å². The van der Waals surface area contributed by atoms with Gasteiger partial charge in [0.2, 0.25) is 5.88 Å². The van der Waals surface area contributed by atoms with E-state index in [4.69, 9.17) is 14.2 Å². The Labute approximate surface area is 92.8 Å². The van der Waals surface area contributed by atoms with Crippen LogP contribution in [0.2, 0.25) is 0 Å². The molecule has 0 aliphatic carbocycles. The van der Waals surface area contributed by atoms with Gasteiger partial charge < -0.3 is 14.2 Å². The molecule has 0 bridgehead atoms. The van der Waals surface area contributed by atoms with Crippen LogP contribution in [0.1, 0.15) is 5.69 Å². The summed E-state index contributed by atoms with van der Waals surface area (Å²) in [6.07, 6.45) is 0. The zero-order valence-corrected chi connectivity index (χ0v) is 8.90. The number of hydrogen-bond donors (Lipinski definition) is 0. The second-order valence-corrected chi connectivity index (χ2v) is 3.55. The van der Waals surface area contributed by atoms with Crippen molar-refractivity contribution in [2.75, 3.05) is 13.9 Å². The van der Waals surface area contributed by atoms with Crippen LogP contribution in [0, 0.1) is 0 Å². The number of nitrogens with zero attached hydrogens (tertiary/aromatic N) is 1. The molecule has 1 aliphatic heterocycles. The highest BCUT2D eigenvalue weighted by Crippen LogP contribution is 2.35. The van der Waals surface area contributed by atoms with Crippen LogP contribution in [0.15, 0.2) is 24.3 Å². The van der Waals surface area contributed by atoms with Gasteiger partial charge >= 0.3 is 0 Å². The Hall–Kier alpha value is -1.81. The molecule has 0 spiro atoms. The molecule has 3 rings (SSSR count). The van der Waals surface area contributed by atoms with Crippen molar-refractivity contribution in [2.45, 2.75) is 6.61 Å². The molecule has 0 amide bonds. The van der Waals surface area contributed by atoms with E-state index in [0.717, 1.165) is 22.2 Å². The molecule has 0 fully saturated rings. The summed E-state index contributed by atoms with van der Waals surface area (Å²) in [4.78, 5) is 4.39. The molecule has 1 aromatic carbocycles. The fourth-order valence-electron chi connectivity index (χ4n) is 1.91. The first-order chi connectivity index (χ1) is 7.90. The molecular weight excluding hydrogens is 206 g/mol. The summed E-state index contributed by atoms with van der Waals surface area (Å²) in [7, 11) is 1.62. The van der Waals surface area contributed by atoms with Crippen molar-refractivity contribution in [3.8, 4) is 11.6 Å². The monoisotopic (exact) mass is 217 g/mol. The maximum absolute atomic E-state index is 5.50. The van der Waals surface area contributed by atoms with E-state index in [0.29, 0.717) is 12.5 Å². The number of hydrogen-bond acceptors (Lipinski definition) is 4. The second kappa shape index (κ2) is 3.64. The molecule has 0 unspecified atom stereocenters. The van der Waals surface area contributed by atoms with E-state index >= 15 is 0 Å². The highest BCUT2D eigenvalue weighted by Gasteiger charge is 2.18. The summed E-state index contributed by atoms with van der Waals surface area (Å²) in [5.41, 5.74) is 0.793. The van der Waals surface area contributed by atoms with Gasteiger partial charge in [-0.3, -0.25) is 0 Å². The minimum Gasteiger partial charge on any atom is -0.481 e. The van der Waals surface area contributed by atoms with E-state index in [1.807, 2.05) is 24.3 Å². The minimum absolute atomic E-state index is 0.283. The van der Waals surface area contributed by atoms with Gasteiger partial charge in [-0.2, -0.15) is 0 Å². The van der Waals surface area contributed by atoms with Crippen molar-refractivity contribution in [1.82, 2.24) is 4.98 Å². The van der Waals surface area contributed by atoms with Gasteiger partial charge in [0.05, 0.1) is 13.7 Å². The Kier molecular flexibility index (Phi) is 2.15. The van der Waals surface area contributed by atoms with Crippen molar-refractivity contribution < 1.29 is 14.2 Å². The van der Waals surface area contributed by atoms with E-state index in [2.05, 4.69) is 4.98 Å². The molecular formula is C12H11NO3. The predicted molar refractivity (Wildman–Crippen MR) is 58.6 cm³/mol. The van der Waals surface area contributed by atoms with Gasteiger partial charge in [-0.05, 0) is 6.07 Å². The molecule has 1 aromatic heterocycles. The van der Waals surface area contributed by atoms with Crippen LogP contribution in [0.5, 0.6) is 11.6 Å². The lowest BCUT2D eigenvalue weighted by Gasteiger charge is -2.19. The van der Waals surface area contributed by atoms with Crippen LogP contribution in [-0.4, -0.2) is 18.9 Å². The van der Waals surface area contributed by atoms with E-state index < -0.39 is 0 Å². The number of methoxy groups -OCH3 is 1. The zero-order valence-electron chi connectivity index (χ0n) is 8.90. The quantitative estimate of drug-likeness (QED) is 0.733. The van der Waals surface area contributed by atoms with Gasteiger partial charge in [-0.15, -0.1) is 0 Å². The average Bonchev–Trinajstić information content (AvgIpc) is 2.38. The fourth-order valence-corrected chi connectivity index (χ4v) is 1.91. The Balaban J connectivity index is 2.36. The molecule has 82 valence electrons. The normalized spacial score (nSPS) is 14.3. The molecule has 16 heavy (non-hydrogen) atoms. The maximum Gasteiger partial charge on any atom is 0.221 e. The first-order valence-electron chi connectivity index (χ1n) is 5.06. The smallest absolute Gasteiger partial charge is 0.221 e. The van der Waals surface area contributed by atoms with Crippen LogP contribution in [0.4, 0.5) is 0 Å².